The molecule has 1 atom stereocenters. The molecular formula is C23H25FN4OS. The molecule has 0 bridgehead atoms. The SMILES string of the molecule is C[C@H](Sc1nnc(C2CC2)n1Cc1ccccc1)C(=O)N(C)Cc1cccc(F)c1. The molecule has 0 unspecified atom stereocenters. The first-order valence-electron chi connectivity index (χ1n) is 10.1. The van der Waals surface area contributed by atoms with Crippen LogP contribution in [0, 0.1) is 5.82 Å². The third-order valence-electron chi connectivity index (χ3n) is 5.19. The zero-order valence-corrected chi connectivity index (χ0v) is 18.0. The minimum atomic E-state index is -0.325. The second-order valence-corrected chi connectivity index (χ2v) is 9.08. The highest BCUT2D eigenvalue weighted by Crippen LogP contribution is 2.40. The maximum absolute atomic E-state index is 13.4. The molecule has 2 aromatic carbocycles. The molecule has 156 valence electrons. The Balaban J connectivity index is 1.47. The Hall–Kier alpha value is -2.67. The van der Waals surface area contributed by atoms with Crippen molar-refractivity contribution in [3.8, 4) is 0 Å². The molecule has 0 N–H and O–H groups in total. The first-order valence-corrected chi connectivity index (χ1v) is 11.0. The maximum Gasteiger partial charge on any atom is 0.235 e. The Morgan fingerprint density at radius 2 is 1.90 bits per heavy atom. The van der Waals surface area contributed by atoms with Gasteiger partial charge in [-0.25, -0.2) is 4.39 Å². The van der Waals surface area contributed by atoms with Gasteiger partial charge in [-0.15, -0.1) is 10.2 Å². The van der Waals surface area contributed by atoms with E-state index in [2.05, 4.69) is 26.9 Å². The number of carbonyl (C=O) groups excluding carboxylic acids is 1. The summed E-state index contributed by atoms with van der Waals surface area (Å²) >= 11 is 1.43. The Morgan fingerprint density at radius 1 is 1.17 bits per heavy atom. The van der Waals surface area contributed by atoms with Crippen LogP contribution < -0.4 is 0 Å². The van der Waals surface area contributed by atoms with Crippen LogP contribution in [0.15, 0.2) is 59.8 Å². The van der Waals surface area contributed by atoms with Crippen molar-refractivity contribution in [2.45, 2.75) is 49.2 Å². The smallest absolute Gasteiger partial charge is 0.235 e. The fourth-order valence-electron chi connectivity index (χ4n) is 3.45. The van der Waals surface area contributed by atoms with Crippen LogP contribution in [-0.4, -0.2) is 37.9 Å². The summed E-state index contributed by atoms with van der Waals surface area (Å²) in [6.07, 6.45) is 2.28. The van der Waals surface area contributed by atoms with Crippen LogP contribution in [0.4, 0.5) is 4.39 Å². The minimum Gasteiger partial charge on any atom is -0.340 e. The van der Waals surface area contributed by atoms with Gasteiger partial charge in [-0.3, -0.25) is 4.79 Å². The van der Waals surface area contributed by atoms with Crippen molar-refractivity contribution >= 4 is 17.7 Å². The largest absolute Gasteiger partial charge is 0.340 e. The molecule has 0 saturated heterocycles. The van der Waals surface area contributed by atoms with Gasteiger partial charge in [0.15, 0.2) is 5.16 Å². The highest BCUT2D eigenvalue weighted by atomic mass is 32.2. The second-order valence-electron chi connectivity index (χ2n) is 7.77. The summed E-state index contributed by atoms with van der Waals surface area (Å²) < 4.78 is 15.6. The van der Waals surface area contributed by atoms with E-state index in [1.165, 1.54) is 29.5 Å². The number of hydrogen-bond donors (Lipinski definition) is 0. The molecule has 4 rings (SSSR count). The number of nitrogens with zero attached hydrogens (tertiary/aromatic N) is 4. The summed E-state index contributed by atoms with van der Waals surface area (Å²) in [5.41, 5.74) is 1.95. The number of carbonyl (C=O) groups is 1. The summed E-state index contributed by atoms with van der Waals surface area (Å²) in [5.74, 6) is 1.16. The highest BCUT2D eigenvalue weighted by Gasteiger charge is 2.31. The first-order chi connectivity index (χ1) is 14.5. The van der Waals surface area contributed by atoms with E-state index in [4.69, 9.17) is 0 Å². The van der Waals surface area contributed by atoms with Gasteiger partial charge in [-0.1, -0.05) is 54.2 Å². The lowest BCUT2D eigenvalue weighted by Crippen LogP contribution is -2.33. The van der Waals surface area contributed by atoms with Gasteiger partial charge in [0, 0.05) is 19.5 Å². The molecule has 0 radical (unpaired) electrons. The van der Waals surface area contributed by atoms with Crippen LogP contribution >= 0.6 is 11.8 Å². The molecule has 1 heterocycles. The van der Waals surface area contributed by atoms with Crippen molar-refractivity contribution in [3.63, 3.8) is 0 Å². The fraction of sp³-hybridized carbons (Fsp3) is 0.348. The average molecular weight is 425 g/mol. The summed E-state index contributed by atoms with van der Waals surface area (Å²) in [7, 11) is 1.74. The van der Waals surface area contributed by atoms with Crippen molar-refractivity contribution in [1.29, 1.82) is 0 Å². The monoisotopic (exact) mass is 424 g/mol. The van der Waals surface area contributed by atoms with E-state index < -0.39 is 0 Å². The molecular weight excluding hydrogens is 399 g/mol. The quantitative estimate of drug-likeness (QED) is 0.500. The molecule has 1 saturated carbocycles. The van der Waals surface area contributed by atoms with Crippen molar-refractivity contribution in [3.05, 3.63) is 77.4 Å². The molecule has 1 fully saturated rings. The Labute approximate surface area is 180 Å². The van der Waals surface area contributed by atoms with E-state index in [0.717, 1.165) is 29.4 Å². The molecule has 1 amide bonds. The Morgan fingerprint density at radius 3 is 2.60 bits per heavy atom. The lowest BCUT2D eigenvalue weighted by Gasteiger charge is -2.21. The number of rotatable bonds is 8. The number of hydrogen-bond acceptors (Lipinski definition) is 4. The van der Waals surface area contributed by atoms with Gasteiger partial charge in [-0.2, -0.15) is 0 Å². The maximum atomic E-state index is 13.4. The molecule has 1 aliphatic carbocycles. The molecule has 3 aromatic rings. The normalized spacial score (nSPS) is 14.5. The fourth-order valence-corrected chi connectivity index (χ4v) is 4.42. The summed E-state index contributed by atoms with van der Waals surface area (Å²) in [6, 6.07) is 16.6. The molecule has 1 aliphatic rings. The van der Waals surface area contributed by atoms with E-state index >= 15 is 0 Å². The van der Waals surface area contributed by atoms with Gasteiger partial charge in [0.25, 0.3) is 0 Å². The van der Waals surface area contributed by atoms with Crippen LogP contribution in [0.2, 0.25) is 0 Å². The number of halogens is 1. The number of aromatic nitrogens is 3. The summed E-state index contributed by atoms with van der Waals surface area (Å²) in [5, 5.41) is 9.28. The zero-order chi connectivity index (χ0) is 21.1. The van der Waals surface area contributed by atoms with Crippen LogP contribution in [0.5, 0.6) is 0 Å². The Bertz CT molecular complexity index is 1020. The van der Waals surface area contributed by atoms with Crippen LogP contribution in [0.1, 0.15) is 42.6 Å². The van der Waals surface area contributed by atoms with Crippen LogP contribution in [-0.2, 0) is 17.9 Å². The summed E-state index contributed by atoms with van der Waals surface area (Å²) in [6.45, 7) is 2.95. The number of thioether (sulfide) groups is 1. The van der Waals surface area contributed by atoms with Crippen molar-refractivity contribution in [1.82, 2.24) is 19.7 Å². The summed E-state index contributed by atoms with van der Waals surface area (Å²) in [4.78, 5) is 14.5. The van der Waals surface area contributed by atoms with Crippen LogP contribution in [0.3, 0.4) is 0 Å². The van der Waals surface area contributed by atoms with E-state index in [1.54, 1.807) is 18.0 Å². The van der Waals surface area contributed by atoms with Crippen molar-refractivity contribution in [2.75, 3.05) is 7.05 Å². The number of amides is 1. The first kappa shape index (κ1) is 20.6. The van der Waals surface area contributed by atoms with Gasteiger partial charge in [0.2, 0.25) is 5.91 Å². The molecule has 30 heavy (non-hydrogen) atoms. The Kier molecular flexibility index (Phi) is 6.18. The third-order valence-corrected chi connectivity index (χ3v) is 6.25. The second kappa shape index (κ2) is 9.00. The molecule has 0 aliphatic heterocycles. The zero-order valence-electron chi connectivity index (χ0n) is 17.2. The number of benzene rings is 2. The van der Waals surface area contributed by atoms with Gasteiger partial charge in [0.1, 0.15) is 11.6 Å². The topological polar surface area (TPSA) is 51.0 Å². The predicted molar refractivity (Wildman–Crippen MR) is 116 cm³/mol. The lowest BCUT2D eigenvalue weighted by molar-refractivity contribution is -0.129. The highest BCUT2D eigenvalue weighted by molar-refractivity contribution is 8.00. The minimum absolute atomic E-state index is 0.0218. The van der Waals surface area contributed by atoms with Crippen molar-refractivity contribution < 1.29 is 9.18 Å². The van der Waals surface area contributed by atoms with Gasteiger partial charge >= 0.3 is 0 Å². The predicted octanol–water partition coefficient (Wildman–Crippen LogP) is 4.48. The molecule has 0 spiro atoms. The molecule has 5 nitrogen and oxygen atoms in total. The van der Waals surface area contributed by atoms with Gasteiger partial charge < -0.3 is 9.47 Å². The van der Waals surface area contributed by atoms with Gasteiger partial charge in [-0.05, 0) is 43.0 Å². The van der Waals surface area contributed by atoms with Crippen molar-refractivity contribution in [2.24, 2.45) is 0 Å². The van der Waals surface area contributed by atoms with E-state index in [1.807, 2.05) is 31.2 Å². The molecule has 1 aromatic heterocycles. The lowest BCUT2D eigenvalue weighted by atomic mass is 10.2. The standard InChI is InChI=1S/C23H25FN4OS/c1-16(22(29)27(2)14-18-9-6-10-20(24)13-18)30-23-26-25-21(19-11-12-19)28(23)15-17-7-4-3-5-8-17/h3-10,13,16,19H,11-12,14-15H2,1-2H3/t16-/m0/s1. The van der Waals surface area contributed by atoms with E-state index in [9.17, 15) is 9.18 Å². The van der Waals surface area contributed by atoms with Gasteiger partial charge in [0.05, 0.1) is 11.8 Å². The third kappa shape index (κ3) is 4.90. The van der Waals surface area contributed by atoms with E-state index in [-0.39, 0.29) is 17.0 Å². The van der Waals surface area contributed by atoms with Crippen LogP contribution in [0.25, 0.3) is 0 Å². The molecule has 7 heteroatoms. The van der Waals surface area contributed by atoms with E-state index in [0.29, 0.717) is 19.0 Å². The average Bonchev–Trinajstić information content (AvgIpc) is 3.51.